The van der Waals surface area contributed by atoms with E-state index in [-0.39, 0.29) is 24.1 Å². The van der Waals surface area contributed by atoms with Crippen molar-refractivity contribution in [3.63, 3.8) is 0 Å². The smallest absolute Gasteiger partial charge is 0.290 e. The van der Waals surface area contributed by atoms with Crippen LogP contribution < -0.4 is 10.2 Å². The maximum atomic E-state index is 12.3. The van der Waals surface area contributed by atoms with Gasteiger partial charge in [-0.15, -0.1) is 0 Å². The Morgan fingerprint density at radius 1 is 1.15 bits per heavy atom. The summed E-state index contributed by atoms with van der Waals surface area (Å²) < 4.78 is 10.5. The maximum Gasteiger partial charge on any atom is 0.290 e. The van der Waals surface area contributed by atoms with Crippen LogP contribution in [0, 0.1) is 0 Å². The summed E-state index contributed by atoms with van der Waals surface area (Å²) >= 11 is 0. The van der Waals surface area contributed by atoms with Gasteiger partial charge in [-0.2, -0.15) is 0 Å². The zero-order valence-electron chi connectivity index (χ0n) is 14.8. The second-order valence-corrected chi connectivity index (χ2v) is 5.99. The van der Waals surface area contributed by atoms with Crippen LogP contribution in [0.5, 0.6) is 0 Å². The third kappa shape index (κ3) is 4.43. The van der Waals surface area contributed by atoms with Gasteiger partial charge in [-0.25, -0.2) is 0 Å². The number of ether oxygens (including phenoxy) is 1. The predicted octanol–water partition coefficient (Wildman–Crippen LogP) is 2.22. The van der Waals surface area contributed by atoms with Gasteiger partial charge in [0.2, 0.25) is 5.91 Å². The van der Waals surface area contributed by atoms with Crippen LogP contribution >= 0.6 is 0 Å². The third-order valence-electron chi connectivity index (χ3n) is 4.26. The number of hydrogen-bond donors (Lipinski definition) is 1. The molecular weight excluding hydrogens is 334 g/mol. The summed E-state index contributed by atoms with van der Waals surface area (Å²) in [6.07, 6.45) is 1.44. The van der Waals surface area contributed by atoms with Gasteiger partial charge in [0.15, 0.2) is 5.76 Å². The van der Waals surface area contributed by atoms with Crippen LogP contribution in [-0.2, 0) is 9.53 Å². The Morgan fingerprint density at radius 2 is 1.88 bits per heavy atom. The van der Waals surface area contributed by atoms with Gasteiger partial charge in [0.25, 0.3) is 5.91 Å². The molecule has 1 N–H and O–H groups in total. The lowest BCUT2D eigenvalue weighted by atomic mass is 10.2. The van der Waals surface area contributed by atoms with Crippen LogP contribution in [0.1, 0.15) is 17.5 Å². The van der Waals surface area contributed by atoms with Crippen molar-refractivity contribution in [2.45, 2.75) is 6.92 Å². The molecule has 7 nitrogen and oxygen atoms in total. The first-order valence-corrected chi connectivity index (χ1v) is 8.72. The summed E-state index contributed by atoms with van der Waals surface area (Å²) in [5.41, 5.74) is 1.81. The predicted molar refractivity (Wildman–Crippen MR) is 98.4 cm³/mol. The lowest BCUT2D eigenvalue weighted by Gasteiger charge is -2.29. The second kappa shape index (κ2) is 8.53. The Labute approximate surface area is 152 Å². The van der Waals surface area contributed by atoms with Crippen molar-refractivity contribution in [3.8, 4) is 0 Å². The van der Waals surface area contributed by atoms with Crippen molar-refractivity contribution >= 4 is 23.2 Å². The third-order valence-corrected chi connectivity index (χ3v) is 4.26. The van der Waals surface area contributed by atoms with E-state index in [0.717, 1.165) is 32.0 Å². The molecule has 0 saturated carbocycles. The molecule has 0 aliphatic carbocycles. The average molecular weight is 357 g/mol. The van der Waals surface area contributed by atoms with Crippen molar-refractivity contribution in [1.82, 2.24) is 4.90 Å². The fraction of sp³-hybridized carbons (Fsp3) is 0.368. The number of nitrogens with one attached hydrogen (secondary N) is 1. The first kappa shape index (κ1) is 18.0. The van der Waals surface area contributed by atoms with E-state index in [1.807, 2.05) is 31.2 Å². The molecule has 0 atom stereocenters. The highest BCUT2D eigenvalue weighted by atomic mass is 16.5. The lowest BCUT2D eigenvalue weighted by Crippen LogP contribution is -2.37. The highest BCUT2D eigenvalue weighted by molar-refractivity contribution is 5.98. The normalized spacial score (nSPS) is 14.1. The molecule has 1 fully saturated rings. The second-order valence-electron chi connectivity index (χ2n) is 5.99. The SMILES string of the molecule is CCN(CC(=O)Nc1ccc(N2CCOCC2)cc1)C(=O)c1ccco1. The Morgan fingerprint density at radius 3 is 2.50 bits per heavy atom. The van der Waals surface area contributed by atoms with E-state index in [1.165, 1.54) is 11.2 Å². The molecule has 1 aromatic carbocycles. The number of nitrogens with zero attached hydrogens (tertiary/aromatic N) is 2. The monoisotopic (exact) mass is 357 g/mol. The number of amides is 2. The Hall–Kier alpha value is -2.80. The average Bonchev–Trinajstić information content (AvgIpc) is 3.22. The van der Waals surface area contributed by atoms with Gasteiger partial charge < -0.3 is 24.3 Å². The van der Waals surface area contributed by atoms with E-state index >= 15 is 0 Å². The van der Waals surface area contributed by atoms with E-state index in [2.05, 4.69) is 10.2 Å². The number of carbonyl (C=O) groups excluding carboxylic acids is 2. The number of furan rings is 1. The molecule has 26 heavy (non-hydrogen) atoms. The Balaban J connectivity index is 1.56. The first-order valence-electron chi connectivity index (χ1n) is 8.72. The molecule has 138 valence electrons. The summed E-state index contributed by atoms with van der Waals surface area (Å²) in [6.45, 7) is 5.41. The van der Waals surface area contributed by atoms with E-state index in [0.29, 0.717) is 12.2 Å². The van der Waals surface area contributed by atoms with Crippen molar-refractivity contribution < 1.29 is 18.7 Å². The molecule has 7 heteroatoms. The highest BCUT2D eigenvalue weighted by Crippen LogP contribution is 2.19. The zero-order chi connectivity index (χ0) is 18.4. The quantitative estimate of drug-likeness (QED) is 0.858. The number of likely N-dealkylation sites (N-methyl/N-ethyl adjacent to an activating group) is 1. The van der Waals surface area contributed by atoms with Crippen molar-refractivity contribution in [3.05, 3.63) is 48.4 Å². The minimum atomic E-state index is -0.296. The van der Waals surface area contributed by atoms with E-state index in [1.54, 1.807) is 12.1 Å². The summed E-state index contributed by atoms with van der Waals surface area (Å²) in [5, 5.41) is 2.83. The summed E-state index contributed by atoms with van der Waals surface area (Å²) in [6, 6.07) is 10.9. The summed E-state index contributed by atoms with van der Waals surface area (Å²) in [4.78, 5) is 28.2. The van der Waals surface area contributed by atoms with Crippen molar-refractivity contribution in [1.29, 1.82) is 0 Å². The fourth-order valence-electron chi connectivity index (χ4n) is 2.83. The van der Waals surface area contributed by atoms with Crippen molar-refractivity contribution in [2.75, 3.05) is 49.6 Å². The molecule has 0 bridgehead atoms. The highest BCUT2D eigenvalue weighted by Gasteiger charge is 2.19. The van der Waals surface area contributed by atoms with E-state index in [9.17, 15) is 9.59 Å². The minimum Gasteiger partial charge on any atom is -0.459 e. The van der Waals surface area contributed by atoms with E-state index in [4.69, 9.17) is 9.15 Å². The molecule has 2 heterocycles. The van der Waals surface area contributed by atoms with Gasteiger partial charge in [-0.05, 0) is 43.3 Å². The number of benzene rings is 1. The Kier molecular flexibility index (Phi) is 5.91. The number of rotatable bonds is 6. The number of hydrogen-bond acceptors (Lipinski definition) is 5. The van der Waals surface area contributed by atoms with Crippen LogP contribution in [0.2, 0.25) is 0 Å². The van der Waals surface area contributed by atoms with Crippen molar-refractivity contribution in [2.24, 2.45) is 0 Å². The minimum absolute atomic E-state index is 0.0265. The van der Waals surface area contributed by atoms with Gasteiger partial charge in [-0.1, -0.05) is 0 Å². The number of carbonyl (C=O) groups is 2. The lowest BCUT2D eigenvalue weighted by molar-refractivity contribution is -0.116. The van der Waals surface area contributed by atoms with Gasteiger partial charge in [0.05, 0.1) is 19.5 Å². The van der Waals surface area contributed by atoms with Gasteiger partial charge in [0, 0.05) is 31.0 Å². The van der Waals surface area contributed by atoms with Crippen LogP contribution in [0.3, 0.4) is 0 Å². The maximum absolute atomic E-state index is 12.3. The summed E-state index contributed by atoms with van der Waals surface area (Å²) in [7, 11) is 0. The number of morpholine rings is 1. The Bertz CT molecular complexity index is 722. The summed E-state index contributed by atoms with van der Waals surface area (Å²) in [5.74, 6) is -0.310. The van der Waals surface area contributed by atoms with Crippen LogP contribution in [0.4, 0.5) is 11.4 Å². The standard InChI is InChI=1S/C19H23N3O4/c1-2-21(19(24)17-4-3-11-26-17)14-18(23)20-15-5-7-16(8-6-15)22-9-12-25-13-10-22/h3-8,11H,2,9-10,12-14H2,1H3,(H,20,23). The molecule has 2 aromatic rings. The molecule has 3 rings (SSSR count). The van der Waals surface area contributed by atoms with Gasteiger partial charge in [-0.3, -0.25) is 9.59 Å². The number of anilines is 2. The molecule has 0 spiro atoms. The molecule has 1 aliphatic heterocycles. The van der Waals surface area contributed by atoms with Gasteiger partial charge in [0.1, 0.15) is 6.54 Å². The molecule has 0 unspecified atom stereocenters. The molecule has 1 saturated heterocycles. The largest absolute Gasteiger partial charge is 0.459 e. The molecule has 1 aliphatic rings. The van der Waals surface area contributed by atoms with Crippen LogP contribution in [0.25, 0.3) is 0 Å². The molecule has 2 amide bonds. The first-order chi connectivity index (χ1) is 12.7. The van der Waals surface area contributed by atoms with E-state index < -0.39 is 0 Å². The zero-order valence-corrected chi connectivity index (χ0v) is 14.8. The fourth-order valence-corrected chi connectivity index (χ4v) is 2.83. The van der Waals surface area contributed by atoms with Crippen LogP contribution in [0.15, 0.2) is 47.1 Å². The molecule has 0 radical (unpaired) electrons. The topological polar surface area (TPSA) is 75.0 Å². The molecule has 1 aromatic heterocycles. The van der Waals surface area contributed by atoms with Gasteiger partial charge >= 0.3 is 0 Å². The van der Waals surface area contributed by atoms with Crippen LogP contribution in [-0.4, -0.2) is 56.1 Å². The molecular formula is C19H23N3O4.